The van der Waals surface area contributed by atoms with Crippen molar-refractivity contribution in [2.45, 2.75) is 163 Å². The quantitative estimate of drug-likeness (QED) is 0.0394. The van der Waals surface area contributed by atoms with E-state index in [-0.39, 0.29) is 65.9 Å². The smallest absolute Gasteiger partial charge is 0.306 e. The van der Waals surface area contributed by atoms with Gasteiger partial charge in [-0.2, -0.15) is 0 Å². The molecule has 21 nitrogen and oxygen atoms in total. The highest BCUT2D eigenvalue weighted by atomic mass is 16.7. The summed E-state index contributed by atoms with van der Waals surface area (Å²) >= 11 is 0. The maximum absolute atomic E-state index is 12.2. The van der Waals surface area contributed by atoms with Gasteiger partial charge in [0.2, 0.25) is 24.1 Å². The van der Waals surface area contributed by atoms with Crippen LogP contribution in [-0.2, 0) is 35.0 Å². The molecule has 4 aromatic rings. The largest absolute Gasteiger partial charge is 0.508 e. The van der Waals surface area contributed by atoms with E-state index < -0.39 is 91.6 Å². The minimum Gasteiger partial charge on any atom is -0.508 e. The molecule has 456 valence electrons. The number of rotatable bonds is 15. The molecule has 3 aromatic carbocycles. The van der Waals surface area contributed by atoms with Gasteiger partial charge in [-0.3, -0.25) is 19.2 Å². The van der Waals surface area contributed by atoms with E-state index in [1.165, 1.54) is 49.6 Å². The molecule has 21 heteroatoms. The molecule has 0 bridgehead atoms. The average Bonchev–Trinajstić information content (AvgIpc) is 4.08. The zero-order valence-corrected chi connectivity index (χ0v) is 48.6. The Balaban J connectivity index is 0.000000213. The fraction of sp³-hybridized carbons (Fsp3) is 0.516. The molecule has 1 saturated carbocycles. The zero-order valence-electron chi connectivity index (χ0n) is 48.6. The van der Waals surface area contributed by atoms with Crippen molar-refractivity contribution in [3.63, 3.8) is 0 Å². The number of phenolic OH excluding ortho intramolecular Hbond substituents is 2. The molecule has 0 radical (unpaired) electrons. The lowest BCUT2D eigenvalue weighted by Crippen LogP contribution is -2.60. The molecule has 4 aliphatic rings. The normalized spacial score (nSPS) is 27.2. The number of hydrogen-bond acceptors (Lipinski definition) is 21. The molecule has 3 aliphatic heterocycles. The van der Waals surface area contributed by atoms with E-state index in [9.17, 15) is 65.1 Å². The van der Waals surface area contributed by atoms with E-state index in [4.69, 9.17) is 37.9 Å². The van der Waals surface area contributed by atoms with Gasteiger partial charge in [-0.05, 0) is 126 Å². The first-order valence-electron chi connectivity index (χ1n) is 27.8. The molecule has 8 rings (SSSR count). The molecular weight excluding hydrogens is 1080 g/mol. The number of hydrogen-bond donors (Lipinski definition) is 10. The van der Waals surface area contributed by atoms with Crippen molar-refractivity contribution < 1.29 is 98.3 Å². The van der Waals surface area contributed by atoms with Crippen LogP contribution in [0.2, 0.25) is 0 Å². The van der Waals surface area contributed by atoms with Gasteiger partial charge in [0.15, 0.2) is 28.5 Å². The average molecular weight is 1160 g/mol. The Morgan fingerprint density at radius 2 is 1.51 bits per heavy atom. The summed E-state index contributed by atoms with van der Waals surface area (Å²) in [6.07, 6.45) is -4.57. The third-order valence-corrected chi connectivity index (χ3v) is 15.3. The van der Waals surface area contributed by atoms with Gasteiger partial charge in [0.25, 0.3) is 0 Å². The monoisotopic (exact) mass is 1160 g/mol. The van der Waals surface area contributed by atoms with Crippen LogP contribution < -0.4 is 14.9 Å². The standard InChI is InChI=1S/C21H32O9.C16H18O9.C14H22O.C11H10O2/c1-4-6-28-17(24)8-14-13(5-2)21(29-10-15(14)11(3)23)30-16-7-12(9-22)18(25)20(27)19(16)26;1-2-7-10(18)6-3-4-8(12(20)15(6)23-7)24-16-14(22)13(21)11(19)9(5-17)25-16;1-5-10(2)12(4)8-13-7-6-11(3)14(15)9-13;1-7-3-4-9-10(5-7)13-6-8(2)11(9)12/h5,10,12,14,16,18-22,25-27H,4,6-9H2,1-3H3;2-4,9,11,13-14,16-17,19-22H,5H2,1H3;6-7,9-10,12,15H,5,8H2,1-4H3;3-6H,1-2H3/b13-5+;7-2-;;/t12?,14-,16?,18?,19?,20?,21-;;;/m0.../s1. The van der Waals surface area contributed by atoms with Gasteiger partial charge in [0.1, 0.15) is 48.0 Å². The van der Waals surface area contributed by atoms with E-state index >= 15 is 0 Å². The molecule has 14 atom stereocenters. The maximum atomic E-state index is 12.2. The van der Waals surface area contributed by atoms with Crippen molar-refractivity contribution in [1.82, 2.24) is 0 Å². The predicted octanol–water partition coefficient (Wildman–Crippen LogP) is 5.59. The third kappa shape index (κ3) is 16.7. The van der Waals surface area contributed by atoms with Crippen LogP contribution in [-0.4, -0.2) is 150 Å². The molecule has 0 spiro atoms. The summed E-state index contributed by atoms with van der Waals surface area (Å²) in [7, 11) is 0. The van der Waals surface area contributed by atoms with Gasteiger partial charge in [-0.25, -0.2) is 0 Å². The molecule has 12 unspecified atom stereocenters. The van der Waals surface area contributed by atoms with Crippen molar-refractivity contribution in [3.05, 3.63) is 128 Å². The highest BCUT2D eigenvalue weighted by molar-refractivity contribution is 6.13. The Morgan fingerprint density at radius 3 is 2.12 bits per heavy atom. The van der Waals surface area contributed by atoms with E-state index in [1.54, 1.807) is 26.8 Å². The summed E-state index contributed by atoms with van der Waals surface area (Å²) in [4.78, 5) is 47.9. The number of aryl methyl sites for hydroxylation is 3. The van der Waals surface area contributed by atoms with Crippen LogP contribution in [0.1, 0.15) is 107 Å². The van der Waals surface area contributed by atoms with E-state index in [0.29, 0.717) is 45.8 Å². The van der Waals surface area contributed by atoms with Crippen LogP contribution in [0.5, 0.6) is 23.0 Å². The Labute approximate surface area is 482 Å². The Hall–Kier alpha value is -6.50. The van der Waals surface area contributed by atoms with Gasteiger partial charge in [-0.1, -0.05) is 58.4 Å². The summed E-state index contributed by atoms with van der Waals surface area (Å²) < 4.78 is 37.8. The number of ketones is 2. The van der Waals surface area contributed by atoms with Crippen LogP contribution in [0.25, 0.3) is 11.0 Å². The van der Waals surface area contributed by atoms with Crippen molar-refractivity contribution in [1.29, 1.82) is 0 Å². The number of aliphatic hydroxyl groups is 8. The first-order chi connectivity index (χ1) is 39.3. The number of carbonyl (C=O) groups is 3. The van der Waals surface area contributed by atoms with Crippen LogP contribution in [0, 0.1) is 44.4 Å². The van der Waals surface area contributed by atoms with Gasteiger partial charge in [0, 0.05) is 35.2 Å². The van der Waals surface area contributed by atoms with Crippen LogP contribution in [0.3, 0.4) is 0 Å². The highest BCUT2D eigenvalue weighted by Crippen LogP contribution is 2.45. The van der Waals surface area contributed by atoms with Crippen LogP contribution >= 0.6 is 0 Å². The van der Waals surface area contributed by atoms with Crippen molar-refractivity contribution in [3.8, 4) is 23.0 Å². The second kappa shape index (κ2) is 30.9. The molecule has 1 saturated heterocycles. The number of aromatic hydroxyl groups is 2. The number of esters is 1. The molecule has 83 heavy (non-hydrogen) atoms. The lowest BCUT2D eigenvalue weighted by molar-refractivity contribution is -0.277. The summed E-state index contributed by atoms with van der Waals surface area (Å²) in [5.41, 5.74) is 5.65. The van der Waals surface area contributed by atoms with E-state index in [2.05, 4.69) is 26.8 Å². The van der Waals surface area contributed by atoms with Crippen LogP contribution in [0.4, 0.5) is 0 Å². The summed E-state index contributed by atoms with van der Waals surface area (Å²) in [6.45, 7) is 18.3. The minimum atomic E-state index is -1.63. The number of benzene rings is 3. The fourth-order valence-electron chi connectivity index (χ4n) is 9.63. The summed E-state index contributed by atoms with van der Waals surface area (Å²) in [5, 5.41) is 99.0. The Morgan fingerprint density at radius 1 is 0.807 bits per heavy atom. The number of phenols is 2. The SMILES string of the molecule is C/C=C1/[C@H](OC2CC(CO)C(O)C(O)C2O)OC=C(C(C)=O)[C@H]1CC(=O)OCCC.C/C=C1\Oc2c(ccc(OC3OC(CO)C(O)C(O)C3O)c2O)C1=O.CCC(C)C(C)Cc1ccc(C)c(O)c1.Cc1ccc2c(=O)c(C)coc2c1. The first-order valence-corrected chi connectivity index (χ1v) is 27.8. The van der Waals surface area contributed by atoms with E-state index in [0.717, 1.165) is 23.5 Å². The lowest BCUT2D eigenvalue weighted by Gasteiger charge is -2.42. The van der Waals surface area contributed by atoms with Gasteiger partial charge in [0.05, 0.1) is 55.3 Å². The molecular formula is C62H82O21. The minimum absolute atomic E-state index is 0.0567. The van der Waals surface area contributed by atoms with Gasteiger partial charge >= 0.3 is 5.97 Å². The molecule has 4 heterocycles. The Bertz CT molecular complexity index is 2990. The second-order valence-corrected chi connectivity index (χ2v) is 21.3. The molecule has 1 aromatic heterocycles. The van der Waals surface area contributed by atoms with Gasteiger partial charge in [-0.15, -0.1) is 0 Å². The van der Waals surface area contributed by atoms with E-state index in [1.807, 2.05) is 51.1 Å². The van der Waals surface area contributed by atoms with Gasteiger partial charge < -0.3 is 83.9 Å². The number of fused-ring (bicyclic) bond motifs is 2. The van der Waals surface area contributed by atoms with Crippen molar-refractivity contribution in [2.24, 2.45) is 23.7 Å². The summed E-state index contributed by atoms with van der Waals surface area (Å²) in [5.74, 6) is -1.18. The highest BCUT2D eigenvalue weighted by Gasteiger charge is 2.47. The maximum Gasteiger partial charge on any atom is 0.306 e. The predicted molar refractivity (Wildman–Crippen MR) is 303 cm³/mol. The molecule has 1 aliphatic carbocycles. The number of Topliss-reactive ketones (excluding diaryl/α,β-unsaturated/α-hetero) is 2. The summed E-state index contributed by atoms with van der Waals surface area (Å²) in [6, 6.07) is 14.3. The van der Waals surface area contributed by atoms with Crippen LogP contribution in [0.15, 0.2) is 99.3 Å². The lowest BCUT2D eigenvalue weighted by atomic mass is 9.80. The number of carbonyl (C=O) groups excluding carboxylic acids is 3. The fourth-order valence-corrected chi connectivity index (χ4v) is 9.63. The number of aliphatic hydroxyl groups excluding tert-OH is 8. The second-order valence-electron chi connectivity index (χ2n) is 21.3. The molecule has 0 amide bonds. The first kappa shape index (κ1) is 67.3. The molecule has 2 fully saturated rings. The third-order valence-electron chi connectivity index (χ3n) is 15.3. The number of allylic oxidation sites excluding steroid dienone is 4. The Kier molecular flexibility index (Phi) is 25.0. The van der Waals surface area contributed by atoms with Crippen molar-refractivity contribution in [2.75, 3.05) is 19.8 Å². The molecule has 10 N–H and O–H groups in total. The topological polar surface area (TPSA) is 339 Å². The van der Waals surface area contributed by atoms with Crippen molar-refractivity contribution >= 4 is 28.5 Å². The zero-order chi connectivity index (χ0) is 61.6. The number of ether oxygens (including phenoxy) is 6.